The monoisotopic (exact) mass is 330 g/mol. The topological polar surface area (TPSA) is 64.4 Å². The molecule has 0 bridgehead atoms. The van der Waals surface area contributed by atoms with Crippen molar-refractivity contribution in [3.05, 3.63) is 41.2 Å². The molecule has 0 fully saturated rings. The van der Waals surface area contributed by atoms with Gasteiger partial charge in [0.1, 0.15) is 11.5 Å². The number of hydrogen-bond donors (Lipinski definition) is 1. The summed E-state index contributed by atoms with van der Waals surface area (Å²) in [5.41, 5.74) is 2.03. The van der Waals surface area contributed by atoms with Crippen LogP contribution in [0.3, 0.4) is 0 Å². The van der Waals surface area contributed by atoms with Crippen molar-refractivity contribution in [2.75, 3.05) is 11.9 Å². The summed E-state index contributed by atoms with van der Waals surface area (Å²) < 4.78 is 11.0. The third kappa shape index (κ3) is 4.60. The molecule has 0 radical (unpaired) electrons. The normalized spacial score (nSPS) is 11.6. The number of carbonyl (C=O) groups excluding carboxylic acids is 1. The Bertz CT molecular complexity index is 712. The van der Waals surface area contributed by atoms with Gasteiger partial charge in [0.15, 0.2) is 12.4 Å². The molecule has 0 aliphatic heterocycles. The van der Waals surface area contributed by atoms with E-state index in [1.807, 2.05) is 45.9 Å². The summed E-state index contributed by atoms with van der Waals surface area (Å²) in [5, 5.41) is 6.57. The fourth-order valence-electron chi connectivity index (χ4n) is 2.25. The lowest BCUT2D eigenvalue weighted by molar-refractivity contribution is -0.118. The van der Waals surface area contributed by atoms with E-state index in [-0.39, 0.29) is 17.9 Å². The molecule has 0 atom stereocenters. The van der Waals surface area contributed by atoms with Crippen molar-refractivity contribution in [1.29, 1.82) is 0 Å². The molecule has 2 rings (SSSR count). The summed E-state index contributed by atoms with van der Waals surface area (Å²) in [6.45, 7) is 12.2. The van der Waals surface area contributed by atoms with Crippen LogP contribution in [0.15, 0.2) is 28.8 Å². The van der Waals surface area contributed by atoms with E-state index in [0.717, 1.165) is 22.6 Å². The van der Waals surface area contributed by atoms with E-state index in [4.69, 9.17) is 9.26 Å². The van der Waals surface area contributed by atoms with Crippen LogP contribution in [-0.2, 0) is 10.2 Å². The Hall–Kier alpha value is -2.30. The van der Waals surface area contributed by atoms with Crippen LogP contribution in [-0.4, -0.2) is 17.7 Å². The number of carbonyl (C=O) groups is 1. The second-order valence-corrected chi connectivity index (χ2v) is 7.36. The van der Waals surface area contributed by atoms with E-state index in [2.05, 4.69) is 24.3 Å². The number of anilines is 1. The van der Waals surface area contributed by atoms with Gasteiger partial charge in [0.05, 0.1) is 0 Å². The minimum Gasteiger partial charge on any atom is -0.483 e. The average molecular weight is 330 g/mol. The molecule has 1 heterocycles. The lowest BCUT2D eigenvalue weighted by atomic mass is 9.93. The molecule has 0 unspecified atom stereocenters. The second kappa shape index (κ2) is 7.07. The minimum absolute atomic E-state index is 0.0686. The number of benzene rings is 1. The Labute approximate surface area is 143 Å². The molecule has 0 saturated heterocycles. The van der Waals surface area contributed by atoms with Crippen LogP contribution >= 0.6 is 0 Å². The molecule has 0 spiro atoms. The van der Waals surface area contributed by atoms with Crippen molar-refractivity contribution >= 4 is 11.7 Å². The SMILES string of the molecule is Cc1ccc(C(C)C)c(OCC(=O)Nc2cc(C(C)(C)C)on2)c1. The average Bonchev–Trinajstić information content (AvgIpc) is 2.93. The molecule has 1 aromatic heterocycles. The van der Waals surface area contributed by atoms with Crippen molar-refractivity contribution < 1.29 is 14.1 Å². The van der Waals surface area contributed by atoms with E-state index >= 15 is 0 Å². The molecule has 0 aliphatic carbocycles. The fourth-order valence-corrected chi connectivity index (χ4v) is 2.25. The van der Waals surface area contributed by atoms with Crippen LogP contribution in [0.25, 0.3) is 0 Å². The molecule has 0 saturated carbocycles. The summed E-state index contributed by atoms with van der Waals surface area (Å²) in [6, 6.07) is 7.78. The Kier molecular flexibility index (Phi) is 5.32. The van der Waals surface area contributed by atoms with Crippen LogP contribution < -0.4 is 10.1 Å². The molecule has 1 N–H and O–H groups in total. The molecule has 1 amide bonds. The van der Waals surface area contributed by atoms with Crippen LogP contribution in [0, 0.1) is 6.92 Å². The first-order valence-corrected chi connectivity index (χ1v) is 8.17. The van der Waals surface area contributed by atoms with Gasteiger partial charge in [-0.3, -0.25) is 4.79 Å². The summed E-state index contributed by atoms with van der Waals surface area (Å²) in [5.74, 6) is 1.94. The van der Waals surface area contributed by atoms with Crippen molar-refractivity contribution in [2.45, 2.75) is 52.9 Å². The quantitative estimate of drug-likeness (QED) is 0.881. The molecule has 5 heteroatoms. The van der Waals surface area contributed by atoms with Gasteiger partial charge in [-0.1, -0.05) is 51.9 Å². The maximum Gasteiger partial charge on any atom is 0.263 e. The van der Waals surface area contributed by atoms with Gasteiger partial charge in [-0.05, 0) is 30.0 Å². The van der Waals surface area contributed by atoms with E-state index in [0.29, 0.717) is 11.7 Å². The van der Waals surface area contributed by atoms with Crippen molar-refractivity contribution in [3.8, 4) is 5.75 Å². The van der Waals surface area contributed by atoms with E-state index < -0.39 is 0 Å². The smallest absolute Gasteiger partial charge is 0.263 e. The van der Waals surface area contributed by atoms with Crippen LogP contribution in [0.5, 0.6) is 5.75 Å². The number of aryl methyl sites for hydroxylation is 1. The Morgan fingerprint density at radius 2 is 2.00 bits per heavy atom. The molecular weight excluding hydrogens is 304 g/mol. The maximum atomic E-state index is 12.1. The van der Waals surface area contributed by atoms with Gasteiger partial charge in [0.25, 0.3) is 5.91 Å². The van der Waals surface area contributed by atoms with Gasteiger partial charge < -0.3 is 14.6 Å². The minimum atomic E-state index is -0.264. The summed E-state index contributed by atoms with van der Waals surface area (Å²) in [6.07, 6.45) is 0. The largest absolute Gasteiger partial charge is 0.483 e. The molecular formula is C19H26N2O3. The molecule has 24 heavy (non-hydrogen) atoms. The molecule has 2 aromatic rings. The number of aromatic nitrogens is 1. The van der Waals surface area contributed by atoms with Gasteiger partial charge in [-0.2, -0.15) is 0 Å². The number of amides is 1. The fraction of sp³-hybridized carbons (Fsp3) is 0.474. The van der Waals surface area contributed by atoms with E-state index in [1.54, 1.807) is 6.07 Å². The number of ether oxygens (including phenoxy) is 1. The van der Waals surface area contributed by atoms with Gasteiger partial charge >= 0.3 is 0 Å². The molecule has 0 aliphatic rings. The molecule has 130 valence electrons. The van der Waals surface area contributed by atoms with Crippen LogP contribution in [0.2, 0.25) is 0 Å². The summed E-state index contributed by atoms with van der Waals surface area (Å²) >= 11 is 0. The van der Waals surface area contributed by atoms with Gasteiger partial charge in [-0.15, -0.1) is 0 Å². The van der Waals surface area contributed by atoms with E-state index in [9.17, 15) is 4.79 Å². The zero-order chi connectivity index (χ0) is 17.9. The third-order valence-corrected chi connectivity index (χ3v) is 3.67. The highest BCUT2D eigenvalue weighted by atomic mass is 16.5. The van der Waals surface area contributed by atoms with Crippen LogP contribution in [0.1, 0.15) is 57.4 Å². The van der Waals surface area contributed by atoms with Crippen molar-refractivity contribution in [2.24, 2.45) is 0 Å². The Morgan fingerprint density at radius 1 is 1.29 bits per heavy atom. The summed E-state index contributed by atoms with van der Waals surface area (Å²) in [4.78, 5) is 12.1. The maximum absolute atomic E-state index is 12.1. The zero-order valence-corrected chi connectivity index (χ0v) is 15.3. The van der Waals surface area contributed by atoms with Crippen LogP contribution in [0.4, 0.5) is 5.82 Å². The number of hydrogen-bond acceptors (Lipinski definition) is 4. The first-order valence-electron chi connectivity index (χ1n) is 8.17. The first kappa shape index (κ1) is 18.0. The summed E-state index contributed by atoms with van der Waals surface area (Å²) in [7, 11) is 0. The first-order chi connectivity index (χ1) is 11.2. The second-order valence-electron chi connectivity index (χ2n) is 7.36. The molecule has 5 nitrogen and oxygen atoms in total. The molecule has 1 aromatic carbocycles. The highest BCUT2D eigenvalue weighted by Crippen LogP contribution is 2.27. The number of rotatable bonds is 5. The van der Waals surface area contributed by atoms with Gasteiger partial charge in [-0.25, -0.2) is 0 Å². The lowest BCUT2D eigenvalue weighted by Gasteiger charge is -2.14. The third-order valence-electron chi connectivity index (χ3n) is 3.67. The highest BCUT2D eigenvalue weighted by Gasteiger charge is 2.20. The number of nitrogens with zero attached hydrogens (tertiary/aromatic N) is 1. The predicted octanol–water partition coefficient (Wildman–Crippen LogP) is 4.42. The van der Waals surface area contributed by atoms with E-state index in [1.165, 1.54) is 0 Å². The standard InChI is InChI=1S/C19H26N2O3/c1-12(2)14-8-7-13(3)9-15(14)23-11-18(22)20-17-10-16(24-21-17)19(4,5)6/h7-10,12H,11H2,1-6H3,(H,20,21,22). The van der Waals surface area contributed by atoms with Gasteiger partial charge in [0, 0.05) is 11.5 Å². The Balaban J connectivity index is 1.99. The highest BCUT2D eigenvalue weighted by molar-refractivity contribution is 5.90. The van der Waals surface area contributed by atoms with Crippen molar-refractivity contribution in [3.63, 3.8) is 0 Å². The predicted molar refractivity (Wildman–Crippen MR) is 94.6 cm³/mol. The zero-order valence-electron chi connectivity index (χ0n) is 15.3. The lowest BCUT2D eigenvalue weighted by Crippen LogP contribution is -2.21. The number of nitrogens with one attached hydrogen (secondary N) is 1. The Morgan fingerprint density at radius 3 is 2.58 bits per heavy atom. The van der Waals surface area contributed by atoms with Gasteiger partial charge in [0.2, 0.25) is 0 Å². The van der Waals surface area contributed by atoms with Crippen molar-refractivity contribution in [1.82, 2.24) is 5.16 Å².